The summed E-state index contributed by atoms with van der Waals surface area (Å²) in [7, 11) is -1.73. The first-order valence-electron chi connectivity index (χ1n) is 10.1. The number of fused-ring (bicyclic) bond motifs is 1. The highest BCUT2D eigenvalue weighted by molar-refractivity contribution is 7.90. The molecular weight excluding hydrogens is 448 g/mol. The topological polar surface area (TPSA) is 94.6 Å². The van der Waals surface area contributed by atoms with E-state index in [0.717, 1.165) is 18.2 Å². The van der Waals surface area contributed by atoms with Gasteiger partial charge in [-0.3, -0.25) is 10.1 Å². The van der Waals surface area contributed by atoms with Crippen LogP contribution < -0.4 is 14.8 Å². The number of nitrogens with zero attached hydrogens (tertiary/aromatic N) is 1. The first-order valence-corrected chi connectivity index (χ1v) is 12.8. The standard InChI is InChI=1S/C23H26N2O5S2/c1-15(2)11-12-30-19-9-5-16(13-20(19)29-3)6-10-22(26)25-23-24-18-8-7-17(32(4,27)28)14-21(18)31-23/h5-10,13-15H,11-12H2,1-4H3,(H,24,25,26)/b10-6+. The Morgan fingerprint density at radius 1 is 1.19 bits per heavy atom. The molecule has 0 atom stereocenters. The molecule has 1 N–H and O–H groups in total. The summed E-state index contributed by atoms with van der Waals surface area (Å²) < 4.78 is 35.3. The number of carbonyl (C=O) groups excluding carboxylic acids is 1. The summed E-state index contributed by atoms with van der Waals surface area (Å²) in [4.78, 5) is 16.9. The maximum Gasteiger partial charge on any atom is 0.250 e. The summed E-state index contributed by atoms with van der Waals surface area (Å²) in [6.07, 6.45) is 5.18. The molecule has 7 nitrogen and oxygen atoms in total. The van der Waals surface area contributed by atoms with Crippen LogP contribution in [-0.2, 0) is 14.6 Å². The number of ether oxygens (including phenoxy) is 2. The van der Waals surface area contributed by atoms with Crippen molar-refractivity contribution in [2.45, 2.75) is 25.2 Å². The number of thiazole rings is 1. The molecule has 1 amide bonds. The zero-order chi connectivity index (χ0) is 23.3. The molecule has 170 valence electrons. The van der Waals surface area contributed by atoms with Crippen LogP contribution in [0.15, 0.2) is 47.4 Å². The van der Waals surface area contributed by atoms with Gasteiger partial charge in [0.1, 0.15) is 0 Å². The van der Waals surface area contributed by atoms with Gasteiger partial charge in [0.15, 0.2) is 26.5 Å². The van der Waals surface area contributed by atoms with Crippen molar-refractivity contribution in [3.8, 4) is 11.5 Å². The fourth-order valence-corrected chi connectivity index (χ4v) is 4.45. The molecule has 3 aromatic rings. The number of sulfone groups is 1. The molecule has 0 aliphatic heterocycles. The van der Waals surface area contributed by atoms with E-state index >= 15 is 0 Å². The lowest BCUT2D eigenvalue weighted by atomic mass is 10.1. The first-order chi connectivity index (χ1) is 15.2. The fourth-order valence-electron chi connectivity index (χ4n) is 2.82. The minimum Gasteiger partial charge on any atom is -0.493 e. The van der Waals surface area contributed by atoms with Crippen molar-refractivity contribution in [1.82, 2.24) is 4.98 Å². The van der Waals surface area contributed by atoms with Gasteiger partial charge in [-0.2, -0.15) is 0 Å². The van der Waals surface area contributed by atoms with Gasteiger partial charge in [0.25, 0.3) is 0 Å². The fraction of sp³-hybridized carbons (Fsp3) is 0.304. The molecule has 0 radical (unpaired) electrons. The molecule has 1 aromatic heterocycles. The number of benzene rings is 2. The van der Waals surface area contributed by atoms with Gasteiger partial charge in [0.05, 0.1) is 28.8 Å². The van der Waals surface area contributed by atoms with E-state index in [-0.39, 0.29) is 10.8 Å². The molecule has 0 spiro atoms. The van der Waals surface area contributed by atoms with Gasteiger partial charge < -0.3 is 9.47 Å². The number of nitrogens with one attached hydrogen (secondary N) is 1. The predicted molar refractivity (Wildman–Crippen MR) is 128 cm³/mol. The molecule has 1 heterocycles. The second-order valence-electron chi connectivity index (χ2n) is 7.68. The summed E-state index contributed by atoms with van der Waals surface area (Å²) in [5, 5.41) is 3.11. The van der Waals surface area contributed by atoms with E-state index in [1.165, 1.54) is 23.5 Å². The second kappa shape index (κ2) is 10.1. The highest BCUT2D eigenvalue weighted by atomic mass is 32.2. The van der Waals surface area contributed by atoms with Crippen molar-refractivity contribution in [3.05, 3.63) is 48.0 Å². The zero-order valence-corrected chi connectivity index (χ0v) is 20.0. The van der Waals surface area contributed by atoms with Crippen molar-refractivity contribution in [2.75, 3.05) is 25.3 Å². The minimum absolute atomic E-state index is 0.219. The van der Waals surface area contributed by atoms with Gasteiger partial charge in [0, 0.05) is 12.3 Å². The van der Waals surface area contributed by atoms with Crippen LogP contribution in [0.3, 0.4) is 0 Å². The Balaban J connectivity index is 1.67. The Kier molecular flexibility index (Phi) is 7.52. The molecule has 0 saturated carbocycles. The molecule has 0 unspecified atom stereocenters. The number of methoxy groups -OCH3 is 1. The second-order valence-corrected chi connectivity index (χ2v) is 10.7. The third-order valence-electron chi connectivity index (χ3n) is 4.59. The van der Waals surface area contributed by atoms with Crippen LogP contribution in [0.2, 0.25) is 0 Å². The Labute approximate surface area is 192 Å². The third-order valence-corrected chi connectivity index (χ3v) is 6.63. The lowest BCUT2D eigenvalue weighted by Gasteiger charge is -2.12. The van der Waals surface area contributed by atoms with Crippen molar-refractivity contribution in [3.63, 3.8) is 0 Å². The van der Waals surface area contributed by atoms with Gasteiger partial charge in [-0.15, -0.1) is 0 Å². The Bertz CT molecular complexity index is 1250. The van der Waals surface area contributed by atoms with Crippen LogP contribution in [0.1, 0.15) is 25.8 Å². The quantitative estimate of drug-likeness (QED) is 0.448. The van der Waals surface area contributed by atoms with Gasteiger partial charge in [-0.25, -0.2) is 13.4 Å². The van der Waals surface area contributed by atoms with E-state index in [1.807, 2.05) is 12.1 Å². The van der Waals surface area contributed by atoms with Crippen molar-refractivity contribution >= 4 is 48.5 Å². The molecular formula is C23H26N2O5S2. The number of anilines is 1. The van der Waals surface area contributed by atoms with Gasteiger partial charge in [-0.1, -0.05) is 31.3 Å². The summed E-state index contributed by atoms with van der Waals surface area (Å²) in [6, 6.07) is 10.2. The number of carbonyl (C=O) groups is 1. The van der Waals surface area contributed by atoms with E-state index in [2.05, 4.69) is 24.1 Å². The largest absolute Gasteiger partial charge is 0.493 e. The van der Waals surface area contributed by atoms with Crippen molar-refractivity contribution in [2.24, 2.45) is 5.92 Å². The van der Waals surface area contributed by atoms with E-state index in [4.69, 9.17) is 9.47 Å². The SMILES string of the molecule is COc1cc(/C=C/C(=O)Nc2nc3ccc(S(C)(=O)=O)cc3s2)ccc1OCCC(C)C. The molecule has 0 aliphatic carbocycles. The first kappa shape index (κ1) is 23.7. The summed E-state index contributed by atoms with van der Waals surface area (Å²) in [5.41, 5.74) is 1.41. The summed E-state index contributed by atoms with van der Waals surface area (Å²) >= 11 is 1.22. The van der Waals surface area contributed by atoms with Crippen LogP contribution in [0.25, 0.3) is 16.3 Å². The molecule has 2 aromatic carbocycles. The summed E-state index contributed by atoms with van der Waals surface area (Å²) in [6.45, 7) is 4.89. The highest BCUT2D eigenvalue weighted by Crippen LogP contribution is 2.30. The maximum absolute atomic E-state index is 12.3. The number of hydrogen-bond donors (Lipinski definition) is 1. The number of amides is 1. The molecule has 0 aliphatic rings. The molecule has 0 bridgehead atoms. The zero-order valence-electron chi connectivity index (χ0n) is 18.4. The van der Waals surface area contributed by atoms with Crippen LogP contribution in [0, 0.1) is 5.92 Å². The number of aromatic nitrogens is 1. The average molecular weight is 475 g/mol. The third kappa shape index (κ3) is 6.30. The van der Waals surface area contributed by atoms with E-state index < -0.39 is 9.84 Å². The smallest absolute Gasteiger partial charge is 0.250 e. The normalized spacial score (nSPS) is 11.9. The molecule has 32 heavy (non-hydrogen) atoms. The van der Waals surface area contributed by atoms with E-state index in [1.54, 1.807) is 31.4 Å². The lowest BCUT2D eigenvalue weighted by Crippen LogP contribution is -2.07. The highest BCUT2D eigenvalue weighted by Gasteiger charge is 2.12. The number of rotatable bonds is 9. The van der Waals surface area contributed by atoms with Crippen LogP contribution in [-0.4, -0.2) is 39.3 Å². The molecule has 0 fully saturated rings. The van der Waals surface area contributed by atoms with Crippen LogP contribution >= 0.6 is 11.3 Å². The minimum atomic E-state index is -3.30. The van der Waals surface area contributed by atoms with Crippen molar-refractivity contribution in [1.29, 1.82) is 0 Å². The van der Waals surface area contributed by atoms with Gasteiger partial charge in [-0.05, 0) is 54.3 Å². The number of hydrogen-bond acceptors (Lipinski definition) is 7. The van der Waals surface area contributed by atoms with Crippen molar-refractivity contribution < 1.29 is 22.7 Å². The predicted octanol–water partition coefficient (Wildman–Crippen LogP) is 4.79. The Morgan fingerprint density at radius 3 is 2.66 bits per heavy atom. The Morgan fingerprint density at radius 2 is 1.97 bits per heavy atom. The molecule has 9 heteroatoms. The maximum atomic E-state index is 12.3. The van der Waals surface area contributed by atoms with Crippen LogP contribution in [0.4, 0.5) is 5.13 Å². The van der Waals surface area contributed by atoms with E-state index in [9.17, 15) is 13.2 Å². The Hall–Kier alpha value is -2.91. The lowest BCUT2D eigenvalue weighted by molar-refractivity contribution is -0.111. The molecule has 0 saturated heterocycles. The monoisotopic (exact) mass is 474 g/mol. The summed E-state index contributed by atoms with van der Waals surface area (Å²) in [5.74, 6) is 1.48. The van der Waals surface area contributed by atoms with Gasteiger partial charge >= 0.3 is 0 Å². The van der Waals surface area contributed by atoms with E-state index in [0.29, 0.717) is 39.4 Å². The van der Waals surface area contributed by atoms with Gasteiger partial charge in [0.2, 0.25) is 5.91 Å². The average Bonchev–Trinajstić information content (AvgIpc) is 3.13. The molecule has 3 rings (SSSR count). The van der Waals surface area contributed by atoms with Crippen LogP contribution in [0.5, 0.6) is 11.5 Å².